The van der Waals surface area contributed by atoms with Gasteiger partial charge < -0.3 is 14.0 Å². The van der Waals surface area contributed by atoms with Gasteiger partial charge in [-0.05, 0) is 18.2 Å². The summed E-state index contributed by atoms with van der Waals surface area (Å²) >= 11 is 5.89. The summed E-state index contributed by atoms with van der Waals surface area (Å²) in [6, 6.07) is 10.9. The van der Waals surface area contributed by atoms with Crippen molar-refractivity contribution in [1.82, 2.24) is 4.57 Å². The molecular formula is C16H14ClNO5. The van der Waals surface area contributed by atoms with E-state index in [2.05, 4.69) is 4.74 Å². The first-order valence-corrected chi connectivity index (χ1v) is 7.07. The lowest BCUT2D eigenvalue weighted by molar-refractivity contribution is -0.167. The Hall–Kier alpha value is -2.60. The Morgan fingerprint density at radius 1 is 1.22 bits per heavy atom. The van der Waals surface area contributed by atoms with Gasteiger partial charge in [-0.25, -0.2) is 4.79 Å². The van der Waals surface area contributed by atoms with Gasteiger partial charge in [-0.15, -0.1) is 0 Å². The second-order valence-corrected chi connectivity index (χ2v) is 5.05. The normalized spacial score (nSPS) is 11.6. The molecule has 1 aromatic carbocycles. The van der Waals surface area contributed by atoms with Gasteiger partial charge in [-0.3, -0.25) is 9.59 Å². The molecule has 2 aromatic rings. The summed E-state index contributed by atoms with van der Waals surface area (Å²) in [5, 5.41) is 0.395. The number of methoxy groups -OCH3 is 1. The van der Waals surface area contributed by atoms with Gasteiger partial charge in [0.25, 0.3) is 5.56 Å². The molecule has 0 aliphatic carbocycles. The van der Waals surface area contributed by atoms with Crippen LogP contribution in [0.25, 0.3) is 0 Å². The molecule has 23 heavy (non-hydrogen) atoms. The average Bonchev–Trinajstić information content (AvgIpc) is 2.54. The summed E-state index contributed by atoms with van der Waals surface area (Å²) in [7, 11) is 1.19. The quantitative estimate of drug-likeness (QED) is 0.781. The van der Waals surface area contributed by atoms with Gasteiger partial charge in [0.1, 0.15) is 6.54 Å². The van der Waals surface area contributed by atoms with Crippen LogP contribution >= 0.6 is 11.6 Å². The minimum absolute atomic E-state index is 0.312. The Bertz CT molecular complexity index is 771. The van der Waals surface area contributed by atoms with Crippen LogP contribution in [0.15, 0.2) is 53.5 Å². The van der Waals surface area contributed by atoms with E-state index < -0.39 is 18.0 Å². The van der Waals surface area contributed by atoms with Gasteiger partial charge in [0, 0.05) is 22.8 Å². The summed E-state index contributed by atoms with van der Waals surface area (Å²) in [6.07, 6.45) is 0.210. The van der Waals surface area contributed by atoms with Crippen LogP contribution in [0.5, 0.6) is 0 Å². The van der Waals surface area contributed by atoms with Crippen molar-refractivity contribution in [3.8, 4) is 0 Å². The van der Waals surface area contributed by atoms with E-state index >= 15 is 0 Å². The van der Waals surface area contributed by atoms with Crippen molar-refractivity contribution in [3.05, 3.63) is 69.6 Å². The van der Waals surface area contributed by atoms with E-state index in [1.54, 1.807) is 30.3 Å². The van der Waals surface area contributed by atoms with Crippen LogP contribution in [0.3, 0.4) is 0 Å². The Labute approximate surface area is 137 Å². The number of hydrogen-bond acceptors (Lipinski definition) is 5. The summed E-state index contributed by atoms with van der Waals surface area (Å²) in [6.45, 7) is -0.312. The number of carbonyl (C=O) groups is 2. The highest BCUT2D eigenvalue weighted by atomic mass is 35.5. The van der Waals surface area contributed by atoms with Crippen LogP contribution in [0.4, 0.5) is 0 Å². The number of rotatable bonds is 5. The Morgan fingerprint density at radius 2 is 2.00 bits per heavy atom. The summed E-state index contributed by atoms with van der Waals surface area (Å²) in [5.74, 6) is -1.48. The summed E-state index contributed by atoms with van der Waals surface area (Å²) in [5.41, 5.74) is 0.0416. The monoisotopic (exact) mass is 335 g/mol. The van der Waals surface area contributed by atoms with E-state index in [-0.39, 0.29) is 12.1 Å². The van der Waals surface area contributed by atoms with Gasteiger partial charge in [0.15, 0.2) is 0 Å². The first-order chi connectivity index (χ1) is 11.0. The maximum Gasteiger partial charge on any atom is 0.351 e. The maximum absolute atomic E-state index is 12.0. The van der Waals surface area contributed by atoms with Crippen molar-refractivity contribution < 1.29 is 19.1 Å². The summed E-state index contributed by atoms with van der Waals surface area (Å²) < 4.78 is 11.0. The van der Waals surface area contributed by atoms with E-state index in [0.717, 1.165) is 0 Å². The van der Waals surface area contributed by atoms with Crippen LogP contribution in [0.2, 0.25) is 5.02 Å². The fourth-order valence-electron chi connectivity index (χ4n) is 1.93. The molecule has 0 amide bonds. The van der Waals surface area contributed by atoms with Gasteiger partial charge >= 0.3 is 11.9 Å². The molecule has 0 N–H and O–H groups in total. The van der Waals surface area contributed by atoms with Gasteiger partial charge in [-0.2, -0.15) is 0 Å². The smallest absolute Gasteiger partial charge is 0.351 e. The molecule has 0 unspecified atom stereocenters. The molecule has 2 rings (SSSR count). The first-order valence-electron chi connectivity index (χ1n) is 6.69. The van der Waals surface area contributed by atoms with Crippen molar-refractivity contribution >= 4 is 23.5 Å². The van der Waals surface area contributed by atoms with E-state index in [1.165, 1.54) is 30.0 Å². The third-order valence-corrected chi connectivity index (χ3v) is 3.25. The summed E-state index contributed by atoms with van der Waals surface area (Å²) in [4.78, 5) is 35.5. The Morgan fingerprint density at radius 3 is 2.65 bits per heavy atom. The van der Waals surface area contributed by atoms with Crippen LogP contribution in [-0.4, -0.2) is 23.6 Å². The highest BCUT2D eigenvalue weighted by Crippen LogP contribution is 2.22. The predicted molar refractivity (Wildman–Crippen MR) is 83.0 cm³/mol. The molecule has 7 heteroatoms. The Kier molecular flexibility index (Phi) is 5.54. The van der Waals surface area contributed by atoms with Crippen molar-refractivity contribution in [2.45, 2.75) is 12.6 Å². The molecule has 6 nitrogen and oxygen atoms in total. The zero-order valence-electron chi connectivity index (χ0n) is 12.3. The zero-order chi connectivity index (χ0) is 16.8. The lowest BCUT2D eigenvalue weighted by Crippen LogP contribution is -2.27. The predicted octanol–water partition coefficient (Wildman–Crippen LogP) is 1.96. The number of nitrogens with zero attached hydrogens (tertiary/aromatic N) is 1. The zero-order valence-corrected chi connectivity index (χ0v) is 13.0. The molecule has 0 bridgehead atoms. The van der Waals surface area contributed by atoms with Crippen molar-refractivity contribution in [1.29, 1.82) is 0 Å². The Balaban J connectivity index is 2.18. The van der Waals surface area contributed by atoms with Crippen LogP contribution in [0.1, 0.15) is 11.7 Å². The highest BCUT2D eigenvalue weighted by Gasteiger charge is 2.26. The third-order valence-electron chi connectivity index (χ3n) is 3.01. The number of pyridine rings is 1. The molecule has 0 saturated carbocycles. The fraction of sp³-hybridized carbons (Fsp3) is 0.188. The number of ether oxygens (including phenoxy) is 2. The van der Waals surface area contributed by atoms with Crippen LogP contribution < -0.4 is 5.56 Å². The topological polar surface area (TPSA) is 74.6 Å². The molecule has 0 spiro atoms. The largest absolute Gasteiger partial charge is 0.466 e. The first kappa shape index (κ1) is 16.8. The van der Waals surface area contributed by atoms with Crippen LogP contribution in [-0.2, 0) is 25.6 Å². The highest BCUT2D eigenvalue weighted by molar-refractivity contribution is 6.30. The fourth-order valence-corrected chi connectivity index (χ4v) is 2.13. The second-order valence-electron chi connectivity index (χ2n) is 4.61. The molecule has 0 aliphatic rings. The molecule has 0 saturated heterocycles. The number of carbonyl (C=O) groups excluding carboxylic acids is 2. The lowest BCUT2D eigenvalue weighted by Gasteiger charge is -2.16. The van der Waals surface area contributed by atoms with Crippen LogP contribution in [0, 0.1) is 0 Å². The van der Waals surface area contributed by atoms with E-state index in [4.69, 9.17) is 16.3 Å². The van der Waals surface area contributed by atoms with E-state index in [1.807, 2.05) is 0 Å². The van der Waals surface area contributed by atoms with Gasteiger partial charge in [-0.1, -0.05) is 29.8 Å². The molecule has 0 aliphatic heterocycles. The minimum atomic E-state index is -1.24. The van der Waals surface area contributed by atoms with Gasteiger partial charge in [0.05, 0.1) is 7.11 Å². The van der Waals surface area contributed by atoms with Crippen molar-refractivity contribution in [2.24, 2.45) is 0 Å². The lowest BCUT2D eigenvalue weighted by atomic mass is 10.1. The average molecular weight is 336 g/mol. The van der Waals surface area contributed by atoms with E-state index in [0.29, 0.717) is 10.6 Å². The molecular weight excluding hydrogens is 322 g/mol. The number of esters is 2. The standard InChI is InChI=1S/C16H14ClNO5/c1-22-16(21)15(11-5-4-6-12(17)9-11)23-14(20)10-18-8-3-2-7-13(18)19/h2-9,15H,10H2,1H3/t15-/m0/s1. The number of aromatic nitrogens is 1. The molecule has 120 valence electrons. The minimum Gasteiger partial charge on any atom is -0.466 e. The molecule has 0 fully saturated rings. The maximum atomic E-state index is 12.0. The molecule has 1 atom stereocenters. The third kappa shape index (κ3) is 4.43. The SMILES string of the molecule is COC(=O)[C@@H](OC(=O)Cn1ccccc1=O)c1cccc(Cl)c1. The van der Waals surface area contributed by atoms with Crippen molar-refractivity contribution in [2.75, 3.05) is 7.11 Å². The van der Waals surface area contributed by atoms with Gasteiger partial charge in [0.2, 0.25) is 6.10 Å². The number of benzene rings is 1. The van der Waals surface area contributed by atoms with Crippen molar-refractivity contribution in [3.63, 3.8) is 0 Å². The molecule has 1 aromatic heterocycles. The molecule has 1 heterocycles. The molecule has 0 radical (unpaired) electrons. The number of hydrogen-bond donors (Lipinski definition) is 0. The number of halogens is 1. The van der Waals surface area contributed by atoms with E-state index in [9.17, 15) is 14.4 Å². The second kappa shape index (κ2) is 7.60.